The maximum atomic E-state index is 14.7. The third-order valence-electron chi connectivity index (χ3n) is 4.01. The van der Waals surface area contributed by atoms with Crippen molar-refractivity contribution in [2.24, 2.45) is 0 Å². The largest absolute Gasteiger partial charge is 0.421 e. The third-order valence-corrected chi connectivity index (χ3v) is 4.20. The van der Waals surface area contributed by atoms with Gasteiger partial charge in [-0.3, -0.25) is 5.10 Å². The molecule has 0 bridgehead atoms. The van der Waals surface area contributed by atoms with Gasteiger partial charge in [-0.15, -0.1) is 0 Å². The fraction of sp³-hybridized carbons (Fsp3) is 0.167. The van der Waals surface area contributed by atoms with Gasteiger partial charge in [0.1, 0.15) is 16.8 Å². The monoisotopic (exact) mass is 389 g/mol. The molecule has 6 nitrogen and oxygen atoms in total. The second-order valence-corrected chi connectivity index (χ2v) is 6.64. The van der Waals surface area contributed by atoms with Crippen molar-refractivity contribution >= 4 is 29.3 Å². The Hall–Kier alpha value is -3.00. The number of hydrogen-bond acceptors (Lipinski definition) is 5. The van der Waals surface area contributed by atoms with Crippen LogP contribution in [-0.4, -0.2) is 20.2 Å². The Morgan fingerprint density at radius 2 is 1.96 bits per heavy atom. The van der Waals surface area contributed by atoms with Crippen LogP contribution in [0.1, 0.15) is 23.7 Å². The first-order valence-corrected chi connectivity index (χ1v) is 8.46. The van der Waals surface area contributed by atoms with Crippen LogP contribution in [0, 0.1) is 18.6 Å². The number of aromatic nitrogens is 4. The van der Waals surface area contributed by atoms with Crippen LogP contribution in [0.15, 0.2) is 23.8 Å². The summed E-state index contributed by atoms with van der Waals surface area (Å²) < 4.78 is 34.4. The minimum atomic E-state index is -0.663. The summed E-state index contributed by atoms with van der Waals surface area (Å²) >= 11 is 5.99. The fourth-order valence-corrected chi connectivity index (χ4v) is 3.03. The van der Waals surface area contributed by atoms with Gasteiger partial charge >= 0.3 is 6.01 Å². The molecule has 0 aliphatic heterocycles. The van der Waals surface area contributed by atoms with Crippen LogP contribution in [0.5, 0.6) is 11.8 Å². The molecule has 2 N–H and O–H groups in total. The fourth-order valence-electron chi connectivity index (χ4n) is 2.86. The Balaban J connectivity index is 1.65. The zero-order valence-corrected chi connectivity index (χ0v) is 15.2. The first-order valence-electron chi connectivity index (χ1n) is 8.08. The van der Waals surface area contributed by atoms with Crippen molar-refractivity contribution in [3.05, 3.63) is 57.4 Å². The van der Waals surface area contributed by atoms with Crippen molar-refractivity contribution < 1.29 is 13.5 Å². The van der Waals surface area contributed by atoms with E-state index in [-0.39, 0.29) is 22.5 Å². The standard InChI is InChI=1S/C18H14ClF2N5O/c1-8-3-10-11(4-8)17(21)13(6-12(10)20)27-18-22-14(19)7-15(24-18)23-16-5-9(2)25-26-16/h4-7H,3H2,1-2H3,(H2,22,23,24,25,26). The highest BCUT2D eigenvalue weighted by Crippen LogP contribution is 2.36. The minimum Gasteiger partial charge on any atom is -0.421 e. The van der Waals surface area contributed by atoms with E-state index in [0.29, 0.717) is 23.6 Å². The lowest BCUT2D eigenvalue weighted by Gasteiger charge is -2.10. The van der Waals surface area contributed by atoms with Crippen molar-refractivity contribution in [2.45, 2.75) is 20.3 Å². The quantitative estimate of drug-likeness (QED) is 0.618. The molecule has 2 heterocycles. The molecule has 3 aromatic rings. The Labute approximate surface area is 158 Å². The Morgan fingerprint density at radius 1 is 1.15 bits per heavy atom. The number of benzene rings is 1. The second-order valence-electron chi connectivity index (χ2n) is 6.25. The van der Waals surface area contributed by atoms with Crippen LogP contribution in [0.3, 0.4) is 0 Å². The number of allylic oxidation sites excluding steroid dienone is 1. The topological polar surface area (TPSA) is 75.7 Å². The van der Waals surface area contributed by atoms with E-state index in [1.54, 1.807) is 12.1 Å². The van der Waals surface area contributed by atoms with E-state index in [9.17, 15) is 8.78 Å². The number of aryl methyl sites for hydroxylation is 1. The molecular weight excluding hydrogens is 376 g/mol. The molecule has 0 atom stereocenters. The van der Waals surface area contributed by atoms with Crippen LogP contribution < -0.4 is 10.1 Å². The number of aromatic amines is 1. The van der Waals surface area contributed by atoms with Gasteiger partial charge in [0.2, 0.25) is 0 Å². The molecule has 0 fully saturated rings. The summed E-state index contributed by atoms with van der Waals surface area (Å²) in [4.78, 5) is 8.04. The maximum Gasteiger partial charge on any atom is 0.325 e. The number of halogens is 3. The molecule has 27 heavy (non-hydrogen) atoms. The van der Waals surface area contributed by atoms with E-state index in [1.165, 1.54) is 6.07 Å². The Kier molecular flexibility index (Phi) is 4.27. The molecule has 138 valence electrons. The molecule has 9 heteroatoms. The van der Waals surface area contributed by atoms with Crippen LogP contribution in [0.2, 0.25) is 5.15 Å². The van der Waals surface area contributed by atoms with Crippen molar-refractivity contribution in [3.8, 4) is 11.8 Å². The van der Waals surface area contributed by atoms with E-state index in [4.69, 9.17) is 16.3 Å². The predicted octanol–water partition coefficient (Wildman–Crippen LogP) is 4.94. The van der Waals surface area contributed by atoms with Gasteiger partial charge in [-0.2, -0.15) is 15.1 Å². The summed E-state index contributed by atoms with van der Waals surface area (Å²) in [6.07, 6.45) is 1.98. The summed E-state index contributed by atoms with van der Waals surface area (Å²) in [6, 6.07) is 4.01. The number of rotatable bonds is 4. The average Bonchev–Trinajstić information content (AvgIpc) is 3.18. The smallest absolute Gasteiger partial charge is 0.325 e. The molecule has 1 aliphatic rings. The van der Waals surface area contributed by atoms with E-state index >= 15 is 0 Å². The summed E-state index contributed by atoms with van der Waals surface area (Å²) in [7, 11) is 0. The molecule has 4 rings (SSSR count). The van der Waals surface area contributed by atoms with Crippen LogP contribution in [-0.2, 0) is 6.42 Å². The molecule has 1 aromatic carbocycles. The molecule has 0 saturated carbocycles. The number of nitrogens with one attached hydrogen (secondary N) is 2. The van der Waals surface area contributed by atoms with Crippen LogP contribution in [0.4, 0.5) is 20.4 Å². The van der Waals surface area contributed by atoms with E-state index < -0.39 is 11.6 Å². The lowest BCUT2D eigenvalue weighted by molar-refractivity contribution is 0.406. The highest BCUT2D eigenvalue weighted by atomic mass is 35.5. The van der Waals surface area contributed by atoms with Gasteiger partial charge in [0.05, 0.1) is 0 Å². The van der Waals surface area contributed by atoms with E-state index in [1.807, 2.05) is 13.8 Å². The van der Waals surface area contributed by atoms with Gasteiger partial charge in [-0.25, -0.2) is 8.78 Å². The van der Waals surface area contributed by atoms with Gasteiger partial charge in [-0.05, 0) is 20.3 Å². The van der Waals surface area contributed by atoms with Gasteiger partial charge in [0, 0.05) is 35.0 Å². The second kappa shape index (κ2) is 6.62. The zero-order chi connectivity index (χ0) is 19.1. The molecule has 1 aliphatic carbocycles. The first-order chi connectivity index (χ1) is 12.9. The zero-order valence-electron chi connectivity index (χ0n) is 14.4. The third kappa shape index (κ3) is 3.48. The number of nitrogens with zero attached hydrogens (tertiary/aromatic N) is 3. The molecule has 0 radical (unpaired) electrons. The van der Waals surface area contributed by atoms with Crippen LogP contribution >= 0.6 is 11.6 Å². The van der Waals surface area contributed by atoms with E-state index in [2.05, 4.69) is 25.5 Å². The number of anilines is 2. The summed E-state index contributed by atoms with van der Waals surface area (Å²) in [5.41, 5.74) is 2.24. The molecule has 0 amide bonds. The van der Waals surface area contributed by atoms with Gasteiger partial charge in [0.25, 0.3) is 0 Å². The first kappa shape index (κ1) is 17.4. The van der Waals surface area contributed by atoms with Crippen molar-refractivity contribution in [2.75, 3.05) is 5.32 Å². The highest BCUT2D eigenvalue weighted by molar-refractivity contribution is 6.29. The number of hydrogen-bond donors (Lipinski definition) is 2. The Bertz CT molecular complexity index is 1080. The predicted molar refractivity (Wildman–Crippen MR) is 97.4 cm³/mol. The summed E-state index contributed by atoms with van der Waals surface area (Å²) in [5, 5.41) is 9.82. The lowest BCUT2D eigenvalue weighted by Crippen LogP contribution is -2.02. The number of H-pyrrole nitrogens is 1. The number of ether oxygens (including phenoxy) is 1. The summed E-state index contributed by atoms with van der Waals surface area (Å²) in [5.74, 6) is -0.690. The van der Waals surface area contributed by atoms with Crippen molar-refractivity contribution in [3.63, 3.8) is 0 Å². The van der Waals surface area contributed by atoms with Crippen molar-refractivity contribution in [1.29, 1.82) is 0 Å². The number of fused-ring (bicyclic) bond motifs is 1. The van der Waals surface area contributed by atoms with Gasteiger partial charge in [0.15, 0.2) is 17.4 Å². The maximum absolute atomic E-state index is 14.7. The minimum absolute atomic E-state index is 0.0764. The lowest BCUT2D eigenvalue weighted by atomic mass is 10.1. The molecular formula is C18H14ClF2N5O. The molecule has 0 spiro atoms. The highest BCUT2D eigenvalue weighted by Gasteiger charge is 2.23. The van der Waals surface area contributed by atoms with Gasteiger partial charge in [-0.1, -0.05) is 23.3 Å². The van der Waals surface area contributed by atoms with Gasteiger partial charge < -0.3 is 10.1 Å². The summed E-state index contributed by atoms with van der Waals surface area (Å²) in [6.45, 7) is 3.66. The average molecular weight is 390 g/mol. The molecule has 2 aromatic heterocycles. The Morgan fingerprint density at radius 3 is 2.70 bits per heavy atom. The normalized spacial score (nSPS) is 12.7. The van der Waals surface area contributed by atoms with Crippen molar-refractivity contribution in [1.82, 2.24) is 20.2 Å². The van der Waals surface area contributed by atoms with E-state index in [0.717, 1.165) is 17.3 Å². The molecule has 0 unspecified atom stereocenters. The van der Waals surface area contributed by atoms with Crippen LogP contribution in [0.25, 0.3) is 6.08 Å². The molecule has 0 saturated heterocycles. The SMILES string of the molecule is CC1=Cc2c(F)c(Oc3nc(Cl)cc(Nc4cc(C)[nH]n4)n3)cc(F)c2C1.